The third-order valence-corrected chi connectivity index (χ3v) is 3.98. The zero-order valence-corrected chi connectivity index (χ0v) is 10.9. The van der Waals surface area contributed by atoms with Crippen LogP contribution in [0.2, 0.25) is 0 Å². The van der Waals surface area contributed by atoms with Crippen LogP contribution in [-0.4, -0.2) is 71.3 Å². The van der Waals surface area contributed by atoms with Crippen molar-refractivity contribution in [2.45, 2.75) is 30.6 Å². The minimum Gasteiger partial charge on any atom is -0.465 e. The Balaban J connectivity index is 2.18. The van der Waals surface area contributed by atoms with Crippen molar-refractivity contribution in [1.82, 2.24) is 15.1 Å². The van der Waals surface area contributed by atoms with E-state index >= 15 is 0 Å². The first-order valence-electron chi connectivity index (χ1n) is 6.23. The van der Waals surface area contributed by atoms with Gasteiger partial charge >= 0.3 is 18.2 Å². The van der Waals surface area contributed by atoms with E-state index in [4.69, 9.17) is 0 Å². The summed E-state index contributed by atoms with van der Waals surface area (Å²) in [5, 5.41) is 12.3. The Morgan fingerprint density at radius 2 is 2.15 bits per heavy atom. The number of nitrogens with one attached hydrogen (secondary N) is 1. The molecule has 2 N–H and O–H groups in total. The smallest absolute Gasteiger partial charge is 0.465 e. The van der Waals surface area contributed by atoms with Crippen molar-refractivity contribution in [3.8, 4) is 0 Å². The van der Waals surface area contributed by atoms with Crippen LogP contribution in [0.3, 0.4) is 0 Å². The van der Waals surface area contributed by atoms with Crippen LogP contribution in [0.4, 0.5) is 18.0 Å². The largest absolute Gasteiger partial charge is 0.471 e. The third-order valence-electron chi connectivity index (χ3n) is 3.98. The molecule has 2 atom stereocenters. The highest BCUT2D eigenvalue weighted by Gasteiger charge is 2.53. The first-order valence-corrected chi connectivity index (χ1v) is 6.23. The highest BCUT2D eigenvalue weighted by molar-refractivity contribution is 5.81. The lowest BCUT2D eigenvalue weighted by molar-refractivity contribution is -0.185. The van der Waals surface area contributed by atoms with Gasteiger partial charge in [-0.15, -0.1) is 0 Å². The van der Waals surface area contributed by atoms with E-state index in [1.54, 1.807) is 0 Å². The van der Waals surface area contributed by atoms with Crippen LogP contribution in [-0.2, 0) is 4.79 Å². The number of hydrogen-bond donors (Lipinski definition) is 2. The molecule has 2 fully saturated rings. The zero-order chi connectivity index (χ0) is 15.1. The lowest BCUT2D eigenvalue weighted by atomic mass is 9.95. The Kier molecular flexibility index (Phi) is 3.57. The lowest BCUT2D eigenvalue weighted by Gasteiger charge is -2.45. The standard InChI is InChI=1S/C11H16F3N3O3/c1-16(8(18)11(12,13)14)6-10-3-2-7(4-15-5-10)17(10)9(19)20/h7,15H,2-6H2,1H3,(H,19,20). The highest BCUT2D eigenvalue weighted by atomic mass is 19.4. The molecule has 20 heavy (non-hydrogen) atoms. The quantitative estimate of drug-likeness (QED) is 0.778. The topological polar surface area (TPSA) is 72.9 Å². The Labute approximate surface area is 113 Å². The van der Waals surface area contributed by atoms with Crippen molar-refractivity contribution in [3.63, 3.8) is 0 Å². The molecule has 0 spiro atoms. The summed E-state index contributed by atoms with van der Waals surface area (Å²) in [6.07, 6.45) is -5.05. The number of nitrogens with zero attached hydrogens (tertiary/aromatic N) is 2. The maximum atomic E-state index is 12.4. The molecule has 2 rings (SSSR count). The van der Waals surface area contributed by atoms with Crippen LogP contribution < -0.4 is 5.32 Å². The van der Waals surface area contributed by atoms with Gasteiger partial charge in [0.1, 0.15) is 0 Å². The van der Waals surface area contributed by atoms with Crippen LogP contribution >= 0.6 is 0 Å². The van der Waals surface area contributed by atoms with E-state index in [1.165, 1.54) is 4.90 Å². The maximum absolute atomic E-state index is 12.4. The van der Waals surface area contributed by atoms with Crippen LogP contribution in [0.1, 0.15) is 12.8 Å². The van der Waals surface area contributed by atoms with Gasteiger partial charge in [0.15, 0.2) is 0 Å². The molecule has 2 unspecified atom stereocenters. The predicted octanol–water partition coefficient (Wildman–Crippen LogP) is 0.491. The van der Waals surface area contributed by atoms with E-state index in [9.17, 15) is 27.9 Å². The molecule has 0 aromatic rings. The molecule has 0 aromatic carbocycles. The van der Waals surface area contributed by atoms with Gasteiger partial charge < -0.3 is 15.3 Å². The first-order chi connectivity index (χ1) is 9.17. The number of carbonyl (C=O) groups excluding carboxylic acids is 1. The average molecular weight is 295 g/mol. The molecule has 2 aliphatic rings. The van der Waals surface area contributed by atoms with E-state index in [0.29, 0.717) is 24.3 Å². The van der Waals surface area contributed by atoms with Gasteiger partial charge in [0, 0.05) is 32.7 Å². The second-order valence-corrected chi connectivity index (χ2v) is 5.36. The average Bonchev–Trinajstić information content (AvgIpc) is 2.54. The SMILES string of the molecule is CN(CC12CCC(CNC1)N2C(=O)O)C(=O)C(F)(F)F. The van der Waals surface area contributed by atoms with Crippen LogP contribution in [0.5, 0.6) is 0 Å². The molecule has 2 saturated heterocycles. The van der Waals surface area contributed by atoms with Crippen molar-refractivity contribution in [2.24, 2.45) is 0 Å². The molecule has 9 heteroatoms. The van der Waals surface area contributed by atoms with Gasteiger partial charge in [-0.1, -0.05) is 0 Å². The number of carboxylic acid groups (broad SMARTS) is 1. The van der Waals surface area contributed by atoms with Crippen LogP contribution in [0.15, 0.2) is 0 Å². The third kappa shape index (κ3) is 2.41. The number of carbonyl (C=O) groups is 2. The van der Waals surface area contributed by atoms with Gasteiger partial charge in [-0.2, -0.15) is 13.2 Å². The molecule has 0 aliphatic carbocycles. The van der Waals surface area contributed by atoms with Crippen molar-refractivity contribution >= 4 is 12.0 Å². The summed E-state index contributed by atoms with van der Waals surface area (Å²) in [6.45, 7) is 0.484. The molecule has 0 radical (unpaired) electrons. The number of hydrogen-bond acceptors (Lipinski definition) is 3. The molecule has 114 valence electrons. The number of halogens is 3. The number of alkyl halides is 3. The summed E-state index contributed by atoms with van der Waals surface area (Å²) in [4.78, 5) is 24.3. The number of likely N-dealkylation sites (N-methyl/N-ethyl adjacent to an activating group) is 1. The van der Waals surface area contributed by atoms with E-state index < -0.39 is 23.7 Å². The van der Waals surface area contributed by atoms with Crippen LogP contribution in [0.25, 0.3) is 0 Å². The number of amides is 2. The van der Waals surface area contributed by atoms with E-state index in [-0.39, 0.29) is 19.1 Å². The fraction of sp³-hybridized carbons (Fsp3) is 0.818. The monoisotopic (exact) mass is 295 g/mol. The maximum Gasteiger partial charge on any atom is 0.471 e. The Morgan fingerprint density at radius 1 is 1.50 bits per heavy atom. The van der Waals surface area contributed by atoms with E-state index in [0.717, 1.165) is 7.05 Å². The molecule has 6 nitrogen and oxygen atoms in total. The first kappa shape index (κ1) is 14.9. The Morgan fingerprint density at radius 3 is 2.70 bits per heavy atom. The van der Waals surface area contributed by atoms with Crippen LogP contribution in [0, 0.1) is 0 Å². The van der Waals surface area contributed by atoms with Crippen molar-refractivity contribution in [3.05, 3.63) is 0 Å². The minimum atomic E-state index is -4.94. The Bertz CT molecular complexity index is 425. The normalized spacial score (nSPS) is 29.4. The summed E-state index contributed by atoms with van der Waals surface area (Å²) in [6, 6.07) is -0.240. The van der Waals surface area contributed by atoms with Gasteiger partial charge in [-0.05, 0) is 12.8 Å². The summed E-state index contributed by atoms with van der Waals surface area (Å²) in [7, 11) is 1.05. The number of rotatable bonds is 2. The fourth-order valence-electron chi connectivity index (χ4n) is 3.21. The van der Waals surface area contributed by atoms with Gasteiger partial charge in [0.2, 0.25) is 0 Å². The molecule has 0 saturated carbocycles. The summed E-state index contributed by atoms with van der Waals surface area (Å²) < 4.78 is 37.2. The summed E-state index contributed by atoms with van der Waals surface area (Å²) >= 11 is 0. The van der Waals surface area contributed by atoms with Crippen molar-refractivity contribution < 1.29 is 27.9 Å². The summed E-state index contributed by atoms with van der Waals surface area (Å²) in [5.41, 5.74) is -0.968. The molecule has 2 bridgehead atoms. The number of fused-ring (bicyclic) bond motifs is 2. The molecule has 2 amide bonds. The molecular weight excluding hydrogens is 279 g/mol. The van der Waals surface area contributed by atoms with Crippen molar-refractivity contribution in [1.29, 1.82) is 0 Å². The second kappa shape index (κ2) is 4.80. The zero-order valence-electron chi connectivity index (χ0n) is 10.9. The number of piperazine rings is 1. The second-order valence-electron chi connectivity index (χ2n) is 5.36. The van der Waals surface area contributed by atoms with Gasteiger partial charge in [0.05, 0.1) is 5.54 Å². The van der Waals surface area contributed by atoms with E-state index in [1.807, 2.05) is 0 Å². The van der Waals surface area contributed by atoms with Gasteiger partial charge in [0.25, 0.3) is 0 Å². The molecule has 2 aliphatic heterocycles. The highest BCUT2D eigenvalue weighted by Crippen LogP contribution is 2.37. The van der Waals surface area contributed by atoms with Crippen molar-refractivity contribution in [2.75, 3.05) is 26.7 Å². The minimum absolute atomic E-state index is 0.240. The van der Waals surface area contributed by atoms with Gasteiger partial charge in [-0.25, -0.2) is 4.79 Å². The van der Waals surface area contributed by atoms with Gasteiger partial charge in [-0.3, -0.25) is 9.69 Å². The molecule has 0 aromatic heterocycles. The summed E-state index contributed by atoms with van der Waals surface area (Å²) in [5.74, 6) is -1.95. The lowest BCUT2D eigenvalue weighted by Crippen LogP contribution is -2.66. The predicted molar refractivity (Wildman–Crippen MR) is 62.2 cm³/mol. The molecule has 2 heterocycles. The molecular formula is C11H16F3N3O3. The van der Waals surface area contributed by atoms with E-state index in [2.05, 4.69) is 5.32 Å². The Hall–Kier alpha value is -1.51. The fourth-order valence-corrected chi connectivity index (χ4v) is 3.21.